The van der Waals surface area contributed by atoms with E-state index in [0.29, 0.717) is 16.1 Å². The first-order chi connectivity index (χ1) is 13.2. The molecule has 2 aromatic carbocycles. The summed E-state index contributed by atoms with van der Waals surface area (Å²) in [4.78, 5) is 24.4. The summed E-state index contributed by atoms with van der Waals surface area (Å²) in [5, 5.41) is 2.15. The molecule has 0 aliphatic heterocycles. The van der Waals surface area contributed by atoms with Gasteiger partial charge in [0.1, 0.15) is 6.54 Å². The molecule has 148 valence electrons. The van der Waals surface area contributed by atoms with Gasteiger partial charge in [0, 0.05) is 5.02 Å². The quantitative estimate of drug-likeness (QED) is 0.433. The topological polar surface area (TPSA) is 55.4 Å². The zero-order chi connectivity index (χ0) is 20.7. The maximum Gasteiger partial charge on any atom is 0.405 e. The first-order valence-corrected chi connectivity index (χ1v) is 8.61. The molecule has 0 saturated carbocycles. The number of nitrogens with one attached hydrogen (secondary N) is 1. The Morgan fingerprint density at radius 3 is 2.29 bits per heavy atom. The van der Waals surface area contributed by atoms with Crippen LogP contribution in [-0.4, -0.2) is 30.7 Å². The fraction of sp³-hybridized carbons (Fsp3) is 0.200. The van der Waals surface area contributed by atoms with Crippen LogP contribution in [0.15, 0.2) is 54.6 Å². The first-order valence-electron chi connectivity index (χ1n) is 8.24. The lowest BCUT2D eigenvalue weighted by Crippen LogP contribution is -2.40. The third-order valence-electron chi connectivity index (χ3n) is 3.60. The summed E-state index contributed by atoms with van der Waals surface area (Å²) in [6.07, 6.45) is -4.39. The molecule has 28 heavy (non-hydrogen) atoms. The van der Waals surface area contributed by atoms with Crippen molar-refractivity contribution >= 4 is 35.1 Å². The van der Waals surface area contributed by atoms with Crippen LogP contribution >= 0.6 is 11.6 Å². The van der Waals surface area contributed by atoms with E-state index in [0.717, 1.165) is 0 Å². The zero-order valence-electron chi connectivity index (χ0n) is 14.8. The lowest BCUT2D eigenvalue weighted by atomic mass is 10.0. The highest BCUT2D eigenvalue weighted by atomic mass is 35.5. The minimum Gasteiger partial charge on any atom is -0.449 e. The Hall–Kier alpha value is -2.80. The molecular weight excluding hydrogens is 395 g/mol. The molecule has 2 rings (SSSR count). The van der Waals surface area contributed by atoms with Gasteiger partial charge in [0.05, 0.1) is 5.57 Å². The van der Waals surface area contributed by atoms with E-state index in [1.807, 2.05) is 6.07 Å². The highest BCUT2D eigenvalue weighted by Gasteiger charge is 2.30. The predicted octanol–water partition coefficient (Wildman–Crippen LogP) is 4.49. The fourth-order valence-corrected chi connectivity index (χ4v) is 2.34. The molecular formula is C20H17ClF3NO3. The number of hydrogen-bond acceptors (Lipinski definition) is 3. The highest BCUT2D eigenvalue weighted by Crippen LogP contribution is 2.22. The van der Waals surface area contributed by atoms with Crippen molar-refractivity contribution in [3.63, 3.8) is 0 Å². The number of alkyl halides is 3. The van der Waals surface area contributed by atoms with Crippen LogP contribution in [0.4, 0.5) is 13.2 Å². The molecule has 4 nitrogen and oxygen atoms in total. The average Bonchev–Trinajstić information content (AvgIpc) is 2.65. The van der Waals surface area contributed by atoms with Crippen LogP contribution < -0.4 is 5.32 Å². The van der Waals surface area contributed by atoms with Gasteiger partial charge in [-0.25, -0.2) is 4.79 Å². The van der Waals surface area contributed by atoms with Crippen molar-refractivity contribution in [2.75, 3.05) is 6.54 Å². The van der Waals surface area contributed by atoms with Crippen LogP contribution in [0, 0.1) is 0 Å². The number of hydrogen-bond donors (Lipinski definition) is 1. The molecule has 2 aromatic rings. The smallest absolute Gasteiger partial charge is 0.405 e. The SMILES string of the molecule is CC(OC(=O)/C(=C/c1ccccc1)c1ccc(Cl)cc1)C(=O)NCC(F)(F)F. The van der Waals surface area contributed by atoms with Gasteiger partial charge in [0.15, 0.2) is 6.10 Å². The maximum absolute atomic E-state index is 12.6. The second kappa shape index (κ2) is 9.41. The summed E-state index contributed by atoms with van der Waals surface area (Å²) in [6, 6.07) is 15.3. The lowest BCUT2D eigenvalue weighted by molar-refractivity contribution is -0.153. The third kappa shape index (κ3) is 6.74. The molecule has 1 atom stereocenters. The Labute approximate surface area is 165 Å². The van der Waals surface area contributed by atoms with E-state index in [9.17, 15) is 22.8 Å². The number of esters is 1. The number of amides is 1. The van der Waals surface area contributed by atoms with Crippen LogP contribution in [0.2, 0.25) is 5.02 Å². The van der Waals surface area contributed by atoms with Crippen LogP contribution in [-0.2, 0) is 14.3 Å². The van der Waals surface area contributed by atoms with Crippen molar-refractivity contribution in [2.24, 2.45) is 0 Å². The Kier molecular flexibility index (Phi) is 7.23. The van der Waals surface area contributed by atoms with Crippen molar-refractivity contribution in [1.29, 1.82) is 0 Å². The Bertz CT molecular complexity index is 849. The normalized spacial score (nSPS) is 13.0. The number of ether oxygens (including phenoxy) is 1. The summed E-state index contributed by atoms with van der Waals surface area (Å²) in [6.45, 7) is -0.302. The molecule has 0 aliphatic rings. The van der Waals surface area contributed by atoms with Gasteiger partial charge in [-0.2, -0.15) is 13.2 Å². The van der Waals surface area contributed by atoms with E-state index in [-0.39, 0.29) is 5.57 Å². The molecule has 8 heteroatoms. The van der Waals surface area contributed by atoms with Gasteiger partial charge in [-0.1, -0.05) is 54.1 Å². The molecule has 0 heterocycles. The van der Waals surface area contributed by atoms with E-state index < -0.39 is 30.7 Å². The standard InChI is InChI=1S/C20H17ClF3NO3/c1-13(18(26)25-12-20(22,23)24)28-19(27)17(11-14-5-3-2-4-6-14)15-7-9-16(21)10-8-15/h2-11,13H,12H2,1H3,(H,25,26)/b17-11+. The molecule has 0 bridgehead atoms. The number of carbonyl (C=O) groups excluding carboxylic acids is 2. The second-order valence-electron chi connectivity index (χ2n) is 5.86. The number of rotatable bonds is 6. The van der Waals surface area contributed by atoms with E-state index in [1.165, 1.54) is 6.92 Å². The van der Waals surface area contributed by atoms with Gasteiger partial charge >= 0.3 is 12.1 Å². The molecule has 0 spiro atoms. The summed E-state index contributed by atoms with van der Waals surface area (Å²) < 4.78 is 41.7. The number of carbonyl (C=O) groups is 2. The lowest BCUT2D eigenvalue weighted by Gasteiger charge is -2.16. The molecule has 0 saturated heterocycles. The van der Waals surface area contributed by atoms with E-state index in [4.69, 9.17) is 16.3 Å². The van der Waals surface area contributed by atoms with Gasteiger partial charge in [-0.15, -0.1) is 0 Å². The number of benzene rings is 2. The predicted molar refractivity (Wildman–Crippen MR) is 100 cm³/mol. The van der Waals surface area contributed by atoms with Crippen LogP contribution in [0.5, 0.6) is 0 Å². The zero-order valence-corrected chi connectivity index (χ0v) is 15.6. The van der Waals surface area contributed by atoms with Crippen LogP contribution in [0.1, 0.15) is 18.1 Å². The van der Waals surface area contributed by atoms with Gasteiger partial charge in [-0.05, 0) is 36.3 Å². The monoisotopic (exact) mass is 411 g/mol. The molecule has 1 unspecified atom stereocenters. The summed E-state index contributed by atoms with van der Waals surface area (Å²) in [5.41, 5.74) is 1.33. The van der Waals surface area contributed by atoms with Crippen molar-refractivity contribution in [2.45, 2.75) is 19.2 Å². The molecule has 0 fully saturated rings. The van der Waals surface area contributed by atoms with Gasteiger partial charge < -0.3 is 10.1 Å². The minimum absolute atomic E-state index is 0.137. The maximum atomic E-state index is 12.6. The van der Waals surface area contributed by atoms with E-state index in [2.05, 4.69) is 0 Å². The van der Waals surface area contributed by atoms with Gasteiger partial charge in [0.25, 0.3) is 5.91 Å². The van der Waals surface area contributed by atoms with Crippen molar-refractivity contribution < 1.29 is 27.5 Å². The summed E-state index contributed by atoms with van der Waals surface area (Å²) >= 11 is 5.87. The molecule has 1 N–H and O–H groups in total. The number of halogens is 4. The largest absolute Gasteiger partial charge is 0.449 e. The van der Waals surface area contributed by atoms with Crippen molar-refractivity contribution in [3.8, 4) is 0 Å². The van der Waals surface area contributed by atoms with Gasteiger partial charge in [-0.3, -0.25) is 4.79 Å². The molecule has 0 aliphatic carbocycles. The van der Waals surface area contributed by atoms with Crippen LogP contribution in [0.25, 0.3) is 11.6 Å². The van der Waals surface area contributed by atoms with Crippen LogP contribution in [0.3, 0.4) is 0 Å². The fourth-order valence-electron chi connectivity index (χ4n) is 2.21. The molecule has 1 amide bonds. The third-order valence-corrected chi connectivity index (χ3v) is 3.85. The van der Waals surface area contributed by atoms with E-state index in [1.54, 1.807) is 59.9 Å². The molecule has 0 radical (unpaired) electrons. The van der Waals surface area contributed by atoms with E-state index >= 15 is 0 Å². The van der Waals surface area contributed by atoms with Crippen molar-refractivity contribution in [1.82, 2.24) is 5.32 Å². The Balaban J connectivity index is 2.21. The summed E-state index contributed by atoms with van der Waals surface area (Å²) in [5.74, 6) is -1.89. The Morgan fingerprint density at radius 2 is 1.71 bits per heavy atom. The highest BCUT2D eigenvalue weighted by molar-refractivity contribution is 6.30. The Morgan fingerprint density at radius 1 is 1.11 bits per heavy atom. The average molecular weight is 412 g/mol. The second-order valence-corrected chi connectivity index (χ2v) is 6.29. The summed E-state index contributed by atoms with van der Waals surface area (Å²) in [7, 11) is 0. The molecule has 0 aromatic heterocycles. The first kappa shape index (κ1) is 21.5. The van der Waals surface area contributed by atoms with Gasteiger partial charge in [0.2, 0.25) is 0 Å². The van der Waals surface area contributed by atoms with Crippen molar-refractivity contribution in [3.05, 3.63) is 70.7 Å². The minimum atomic E-state index is -4.55.